The largest absolute Gasteiger partial charge is 0.292 e. The van der Waals surface area contributed by atoms with Crippen molar-refractivity contribution >= 4 is 17.1 Å². The van der Waals surface area contributed by atoms with E-state index in [2.05, 4.69) is 9.97 Å². The highest BCUT2D eigenvalue weighted by molar-refractivity contribution is 7.12. The molecular weight excluding hydrogens is 196 g/mol. The molecule has 0 atom stereocenters. The second-order valence-electron chi connectivity index (χ2n) is 2.83. The number of thiazole rings is 1. The molecular formula is C10H8N2OS. The standard InChI is InChI=1S/C10H8N2OS/c1-7(13)10-12-9(6-14-10)8-2-4-11-5-3-8/h2-6H,1H3. The Morgan fingerprint density at radius 2 is 2.07 bits per heavy atom. The first kappa shape index (κ1) is 9.02. The summed E-state index contributed by atoms with van der Waals surface area (Å²) in [6.45, 7) is 1.52. The summed E-state index contributed by atoms with van der Waals surface area (Å²) in [4.78, 5) is 19.2. The van der Waals surface area contributed by atoms with Gasteiger partial charge in [-0.1, -0.05) is 0 Å². The SMILES string of the molecule is CC(=O)c1nc(-c2ccncc2)cs1. The Hall–Kier alpha value is -1.55. The number of rotatable bonds is 2. The van der Waals surface area contributed by atoms with Crippen LogP contribution >= 0.6 is 11.3 Å². The maximum absolute atomic E-state index is 11.0. The number of nitrogens with zero attached hydrogens (tertiary/aromatic N) is 2. The fourth-order valence-corrected chi connectivity index (χ4v) is 1.82. The van der Waals surface area contributed by atoms with Gasteiger partial charge in [-0.25, -0.2) is 4.98 Å². The summed E-state index contributed by atoms with van der Waals surface area (Å²) in [7, 11) is 0. The molecule has 0 saturated heterocycles. The van der Waals surface area contributed by atoms with Gasteiger partial charge in [-0.3, -0.25) is 9.78 Å². The second kappa shape index (κ2) is 3.67. The first-order valence-electron chi connectivity index (χ1n) is 4.14. The number of Topliss-reactive ketones (excluding diaryl/α,β-unsaturated/α-hetero) is 1. The lowest BCUT2D eigenvalue weighted by Crippen LogP contribution is -1.89. The van der Waals surface area contributed by atoms with Gasteiger partial charge in [-0.15, -0.1) is 11.3 Å². The van der Waals surface area contributed by atoms with Crippen LogP contribution in [0.15, 0.2) is 29.9 Å². The van der Waals surface area contributed by atoms with Crippen molar-refractivity contribution in [1.29, 1.82) is 0 Å². The molecule has 2 heterocycles. The average molecular weight is 204 g/mol. The van der Waals surface area contributed by atoms with Crippen molar-refractivity contribution in [2.45, 2.75) is 6.92 Å². The third kappa shape index (κ3) is 1.70. The molecule has 2 rings (SSSR count). The highest BCUT2D eigenvalue weighted by Gasteiger charge is 2.06. The Bertz CT molecular complexity index is 450. The monoisotopic (exact) mass is 204 g/mol. The maximum atomic E-state index is 11.0. The minimum Gasteiger partial charge on any atom is -0.292 e. The number of hydrogen-bond donors (Lipinski definition) is 0. The Morgan fingerprint density at radius 1 is 1.36 bits per heavy atom. The molecule has 0 aliphatic carbocycles. The van der Waals surface area contributed by atoms with Crippen LogP contribution in [0.4, 0.5) is 0 Å². The van der Waals surface area contributed by atoms with Crippen molar-refractivity contribution in [3.8, 4) is 11.3 Å². The van der Waals surface area contributed by atoms with Crippen LogP contribution < -0.4 is 0 Å². The Kier molecular flexibility index (Phi) is 2.37. The van der Waals surface area contributed by atoms with Gasteiger partial charge in [0, 0.05) is 30.3 Å². The molecule has 0 N–H and O–H groups in total. The third-order valence-electron chi connectivity index (χ3n) is 1.78. The van der Waals surface area contributed by atoms with Crippen LogP contribution in [0.5, 0.6) is 0 Å². The van der Waals surface area contributed by atoms with E-state index < -0.39 is 0 Å². The van der Waals surface area contributed by atoms with Gasteiger partial charge in [-0.05, 0) is 12.1 Å². The lowest BCUT2D eigenvalue weighted by molar-refractivity contribution is 0.101. The van der Waals surface area contributed by atoms with Crippen LogP contribution in [0.25, 0.3) is 11.3 Å². The van der Waals surface area contributed by atoms with Gasteiger partial charge in [0.25, 0.3) is 0 Å². The van der Waals surface area contributed by atoms with E-state index in [1.54, 1.807) is 12.4 Å². The minimum atomic E-state index is 0.00954. The number of hydrogen-bond acceptors (Lipinski definition) is 4. The summed E-state index contributed by atoms with van der Waals surface area (Å²) < 4.78 is 0. The highest BCUT2D eigenvalue weighted by Crippen LogP contribution is 2.20. The maximum Gasteiger partial charge on any atom is 0.188 e. The lowest BCUT2D eigenvalue weighted by Gasteiger charge is -1.92. The minimum absolute atomic E-state index is 0.00954. The third-order valence-corrected chi connectivity index (χ3v) is 2.72. The first-order chi connectivity index (χ1) is 6.77. The molecule has 0 amide bonds. The molecule has 0 radical (unpaired) electrons. The zero-order chi connectivity index (χ0) is 9.97. The van der Waals surface area contributed by atoms with Gasteiger partial charge in [-0.2, -0.15) is 0 Å². The molecule has 3 nitrogen and oxygen atoms in total. The summed E-state index contributed by atoms with van der Waals surface area (Å²) in [6.07, 6.45) is 3.42. The van der Waals surface area contributed by atoms with Crippen molar-refractivity contribution in [2.24, 2.45) is 0 Å². The topological polar surface area (TPSA) is 42.9 Å². The molecule has 0 aromatic carbocycles. The molecule has 0 bridgehead atoms. The number of carbonyl (C=O) groups excluding carboxylic acids is 1. The van der Waals surface area contributed by atoms with Gasteiger partial charge in [0.2, 0.25) is 0 Å². The predicted octanol–water partition coefficient (Wildman–Crippen LogP) is 2.41. The molecule has 0 spiro atoms. The summed E-state index contributed by atoms with van der Waals surface area (Å²) >= 11 is 1.37. The summed E-state index contributed by atoms with van der Waals surface area (Å²) in [5.41, 5.74) is 1.83. The lowest BCUT2D eigenvalue weighted by atomic mass is 10.2. The normalized spacial score (nSPS) is 10.1. The summed E-state index contributed by atoms with van der Waals surface area (Å²) in [5, 5.41) is 2.43. The zero-order valence-electron chi connectivity index (χ0n) is 7.60. The predicted molar refractivity (Wildman–Crippen MR) is 55.3 cm³/mol. The van der Waals surface area contributed by atoms with Gasteiger partial charge < -0.3 is 0 Å². The smallest absolute Gasteiger partial charge is 0.188 e. The Labute approximate surface area is 85.5 Å². The number of carbonyl (C=O) groups is 1. The second-order valence-corrected chi connectivity index (χ2v) is 3.69. The van der Waals surface area contributed by atoms with Crippen molar-refractivity contribution in [3.63, 3.8) is 0 Å². The van der Waals surface area contributed by atoms with Crippen LogP contribution in [0.3, 0.4) is 0 Å². The zero-order valence-corrected chi connectivity index (χ0v) is 8.41. The summed E-state index contributed by atoms with van der Waals surface area (Å²) in [5.74, 6) is 0.00954. The van der Waals surface area contributed by atoms with Gasteiger partial charge >= 0.3 is 0 Å². The Balaban J connectivity index is 2.39. The van der Waals surface area contributed by atoms with Gasteiger partial charge in [0.1, 0.15) is 0 Å². The van der Waals surface area contributed by atoms with E-state index in [4.69, 9.17) is 0 Å². The molecule has 70 valence electrons. The molecule has 0 saturated carbocycles. The van der Waals surface area contributed by atoms with Crippen LogP contribution in [0, 0.1) is 0 Å². The van der Waals surface area contributed by atoms with E-state index >= 15 is 0 Å². The average Bonchev–Trinajstić information content (AvgIpc) is 2.68. The molecule has 0 unspecified atom stereocenters. The van der Waals surface area contributed by atoms with E-state index in [1.807, 2.05) is 17.5 Å². The molecule has 2 aromatic heterocycles. The molecule has 2 aromatic rings. The van der Waals surface area contributed by atoms with Gasteiger partial charge in [0.05, 0.1) is 5.69 Å². The van der Waals surface area contributed by atoms with Crippen LogP contribution in [-0.4, -0.2) is 15.8 Å². The van der Waals surface area contributed by atoms with E-state index in [0.29, 0.717) is 5.01 Å². The van der Waals surface area contributed by atoms with E-state index in [-0.39, 0.29) is 5.78 Å². The quantitative estimate of drug-likeness (QED) is 0.705. The van der Waals surface area contributed by atoms with Crippen molar-refractivity contribution in [3.05, 3.63) is 34.9 Å². The fourth-order valence-electron chi connectivity index (χ4n) is 1.09. The van der Waals surface area contributed by atoms with E-state index in [9.17, 15) is 4.79 Å². The van der Waals surface area contributed by atoms with Gasteiger partial charge in [0.15, 0.2) is 10.8 Å². The van der Waals surface area contributed by atoms with Crippen molar-refractivity contribution in [1.82, 2.24) is 9.97 Å². The molecule has 4 heteroatoms. The number of pyridine rings is 1. The number of aromatic nitrogens is 2. The highest BCUT2D eigenvalue weighted by atomic mass is 32.1. The van der Waals surface area contributed by atoms with E-state index in [0.717, 1.165) is 11.3 Å². The van der Waals surface area contributed by atoms with Crippen LogP contribution in [-0.2, 0) is 0 Å². The van der Waals surface area contributed by atoms with Crippen molar-refractivity contribution in [2.75, 3.05) is 0 Å². The van der Waals surface area contributed by atoms with Crippen LogP contribution in [0.1, 0.15) is 16.7 Å². The Morgan fingerprint density at radius 3 is 2.64 bits per heavy atom. The first-order valence-corrected chi connectivity index (χ1v) is 5.02. The molecule has 0 aliphatic heterocycles. The molecule has 14 heavy (non-hydrogen) atoms. The van der Waals surface area contributed by atoms with Crippen molar-refractivity contribution < 1.29 is 4.79 Å². The fraction of sp³-hybridized carbons (Fsp3) is 0.100. The van der Waals surface area contributed by atoms with E-state index in [1.165, 1.54) is 18.3 Å². The number of ketones is 1. The van der Waals surface area contributed by atoms with Crippen LogP contribution in [0.2, 0.25) is 0 Å². The summed E-state index contributed by atoms with van der Waals surface area (Å²) in [6, 6.07) is 3.75. The molecule has 0 aliphatic rings. The molecule has 0 fully saturated rings.